The normalized spacial score (nSPS) is 10.8. The molecule has 0 aliphatic carbocycles. The zero-order chi connectivity index (χ0) is 31.5. The molecule has 0 heterocycles. The van der Waals surface area contributed by atoms with Gasteiger partial charge >= 0.3 is 6.09 Å². The fourth-order valence-electron chi connectivity index (χ4n) is 3.08. The van der Waals surface area contributed by atoms with Gasteiger partial charge in [0.2, 0.25) is 5.91 Å². The third-order valence-electron chi connectivity index (χ3n) is 4.80. The lowest BCUT2D eigenvalue weighted by molar-refractivity contribution is -0.126. The summed E-state index contributed by atoms with van der Waals surface area (Å²) in [6.45, 7) is 16.8. The molecular formula is C30H43ClFN3O5S. The number of ether oxygens (including phenoxy) is 2. The average Bonchev–Trinajstić information content (AvgIpc) is 2.90. The summed E-state index contributed by atoms with van der Waals surface area (Å²) in [4.78, 5) is 34.5. The summed E-state index contributed by atoms with van der Waals surface area (Å²) >= 11 is 7.37. The van der Waals surface area contributed by atoms with Crippen LogP contribution in [0, 0.1) is 5.82 Å². The summed E-state index contributed by atoms with van der Waals surface area (Å²) in [5, 5.41) is 5.75. The monoisotopic (exact) mass is 611 g/mol. The largest absolute Gasteiger partial charge is 0.471 e. The Morgan fingerprint density at radius 3 is 2.24 bits per heavy atom. The van der Waals surface area contributed by atoms with Crippen molar-refractivity contribution < 1.29 is 28.2 Å². The first kappa shape index (κ1) is 37.9. The molecule has 41 heavy (non-hydrogen) atoms. The number of rotatable bonds is 12. The van der Waals surface area contributed by atoms with Crippen molar-refractivity contribution in [2.24, 2.45) is 0 Å². The molecule has 0 fully saturated rings. The number of amides is 2. The van der Waals surface area contributed by atoms with E-state index in [1.54, 1.807) is 44.9 Å². The molecule has 8 nitrogen and oxygen atoms in total. The average molecular weight is 612 g/mol. The van der Waals surface area contributed by atoms with E-state index in [0.717, 1.165) is 10.5 Å². The maximum Gasteiger partial charge on any atom is 0.408 e. The fraction of sp³-hybridized carbons (Fsp3) is 0.433. The molecule has 0 bridgehead atoms. The second-order valence-corrected chi connectivity index (χ2v) is 11.8. The summed E-state index contributed by atoms with van der Waals surface area (Å²) < 4.78 is 25.2. The van der Waals surface area contributed by atoms with Crippen molar-refractivity contribution in [3.05, 3.63) is 78.1 Å². The highest BCUT2D eigenvalue weighted by molar-refractivity contribution is 7.97. The fourth-order valence-corrected chi connectivity index (χ4v) is 4.21. The molecule has 228 valence electrons. The SMILES string of the molecule is C=C.CC(C)(CNC(=O)CCCN(Cc1ccc(Cl)c(F)c1)Sc1ccccc1)NC(=O)OC(C)(C)C.COC=O. The van der Waals surface area contributed by atoms with Crippen LogP contribution >= 0.6 is 23.5 Å². The number of alkyl carbamates (subject to hydrolysis) is 1. The number of hydrogen-bond acceptors (Lipinski definition) is 7. The second kappa shape index (κ2) is 19.9. The predicted octanol–water partition coefficient (Wildman–Crippen LogP) is 6.78. The van der Waals surface area contributed by atoms with Crippen LogP contribution in [0.25, 0.3) is 0 Å². The number of carbonyl (C=O) groups is 3. The highest BCUT2D eigenvalue weighted by atomic mass is 35.5. The quantitative estimate of drug-likeness (QED) is 0.155. The van der Waals surface area contributed by atoms with Crippen molar-refractivity contribution in [2.45, 2.75) is 70.0 Å². The van der Waals surface area contributed by atoms with Gasteiger partial charge in [-0.2, -0.15) is 0 Å². The van der Waals surface area contributed by atoms with E-state index < -0.39 is 23.1 Å². The summed E-state index contributed by atoms with van der Waals surface area (Å²) in [6, 6.07) is 14.7. The van der Waals surface area contributed by atoms with Crippen molar-refractivity contribution >= 4 is 42.0 Å². The first-order valence-corrected chi connectivity index (χ1v) is 14.1. The van der Waals surface area contributed by atoms with Crippen molar-refractivity contribution in [1.29, 1.82) is 0 Å². The number of methoxy groups -OCH3 is 1. The van der Waals surface area contributed by atoms with E-state index in [1.165, 1.54) is 13.2 Å². The molecule has 2 amide bonds. The van der Waals surface area contributed by atoms with Crippen LogP contribution in [-0.4, -0.2) is 54.1 Å². The minimum absolute atomic E-state index is 0.0942. The Morgan fingerprint density at radius 1 is 1.10 bits per heavy atom. The Hall–Kier alpha value is -3.08. The van der Waals surface area contributed by atoms with Crippen LogP contribution in [0.15, 0.2) is 66.6 Å². The Balaban J connectivity index is 0.00000244. The lowest BCUT2D eigenvalue weighted by Gasteiger charge is -2.29. The molecular weight excluding hydrogens is 569 g/mol. The Kier molecular flexibility index (Phi) is 18.4. The van der Waals surface area contributed by atoms with Crippen LogP contribution in [0.1, 0.15) is 53.0 Å². The lowest BCUT2D eigenvalue weighted by atomic mass is 10.1. The van der Waals surface area contributed by atoms with Gasteiger partial charge in [-0.15, -0.1) is 13.2 Å². The van der Waals surface area contributed by atoms with Gasteiger partial charge in [-0.3, -0.25) is 9.59 Å². The first-order chi connectivity index (χ1) is 19.2. The molecule has 0 atom stereocenters. The van der Waals surface area contributed by atoms with Gasteiger partial charge in [-0.1, -0.05) is 35.9 Å². The number of hydrogen-bond donors (Lipinski definition) is 2. The van der Waals surface area contributed by atoms with E-state index in [-0.39, 0.29) is 17.5 Å². The molecule has 0 aliphatic rings. The summed E-state index contributed by atoms with van der Waals surface area (Å²) in [7, 11) is 1.31. The van der Waals surface area contributed by atoms with Gasteiger partial charge in [-0.25, -0.2) is 13.5 Å². The first-order valence-electron chi connectivity index (χ1n) is 12.9. The molecule has 2 rings (SSSR count). The molecule has 0 spiro atoms. The molecule has 0 aromatic heterocycles. The minimum atomic E-state index is -0.661. The van der Waals surface area contributed by atoms with Crippen LogP contribution in [0.3, 0.4) is 0 Å². The molecule has 0 saturated carbocycles. The third kappa shape index (κ3) is 18.8. The summed E-state index contributed by atoms with van der Waals surface area (Å²) in [6.07, 6.45) is 0.411. The van der Waals surface area contributed by atoms with E-state index in [9.17, 15) is 14.0 Å². The Morgan fingerprint density at radius 2 is 1.71 bits per heavy atom. The van der Waals surface area contributed by atoms with Crippen molar-refractivity contribution in [3.63, 3.8) is 0 Å². The van der Waals surface area contributed by atoms with Gasteiger partial charge < -0.3 is 20.1 Å². The number of nitrogens with zero attached hydrogens (tertiary/aromatic N) is 1. The van der Waals surface area contributed by atoms with Crippen molar-refractivity contribution in [1.82, 2.24) is 14.9 Å². The molecule has 0 aliphatic heterocycles. The topological polar surface area (TPSA) is 97.0 Å². The van der Waals surface area contributed by atoms with Gasteiger partial charge in [0.25, 0.3) is 6.47 Å². The third-order valence-corrected chi connectivity index (χ3v) is 6.15. The molecule has 2 aromatic rings. The van der Waals surface area contributed by atoms with E-state index >= 15 is 0 Å². The number of halogens is 2. The molecule has 11 heteroatoms. The zero-order valence-electron chi connectivity index (χ0n) is 24.8. The smallest absolute Gasteiger partial charge is 0.408 e. The summed E-state index contributed by atoms with van der Waals surface area (Å²) in [5.74, 6) is -0.554. The van der Waals surface area contributed by atoms with Gasteiger partial charge in [0.1, 0.15) is 11.4 Å². The zero-order valence-corrected chi connectivity index (χ0v) is 26.4. The van der Waals surface area contributed by atoms with Crippen LogP contribution < -0.4 is 10.6 Å². The Bertz CT molecular complexity index is 1070. The second-order valence-electron chi connectivity index (χ2n) is 10.2. The van der Waals surface area contributed by atoms with Crippen LogP contribution in [0.5, 0.6) is 0 Å². The van der Waals surface area contributed by atoms with Crippen LogP contribution in [0.2, 0.25) is 5.02 Å². The maximum atomic E-state index is 13.9. The minimum Gasteiger partial charge on any atom is -0.471 e. The van der Waals surface area contributed by atoms with E-state index in [4.69, 9.17) is 21.1 Å². The van der Waals surface area contributed by atoms with E-state index in [1.807, 2.05) is 44.2 Å². The van der Waals surface area contributed by atoms with Gasteiger partial charge in [0.05, 0.1) is 17.7 Å². The van der Waals surface area contributed by atoms with Crippen molar-refractivity contribution in [3.8, 4) is 0 Å². The maximum absolute atomic E-state index is 13.9. The van der Waals surface area contributed by atoms with Gasteiger partial charge in [0, 0.05) is 31.0 Å². The number of nitrogens with one attached hydrogen (secondary N) is 2. The number of carbonyl (C=O) groups excluding carboxylic acids is 3. The number of benzene rings is 2. The predicted molar refractivity (Wildman–Crippen MR) is 164 cm³/mol. The highest BCUT2D eigenvalue weighted by Gasteiger charge is 2.25. The molecule has 2 N–H and O–H groups in total. The molecule has 0 saturated heterocycles. The van der Waals surface area contributed by atoms with Crippen LogP contribution in [0.4, 0.5) is 9.18 Å². The van der Waals surface area contributed by atoms with Crippen LogP contribution in [-0.2, 0) is 25.6 Å². The molecule has 0 unspecified atom stereocenters. The van der Waals surface area contributed by atoms with Crippen molar-refractivity contribution in [2.75, 3.05) is 20.2 Å². The highest BCUT2D eigenvalue weighted by Crippen LogP contribution is 2.26. The lowest BCUT2D eigenvalue weighted by Crippen LogP contribution is -2.52. The molecule has 0 radical (unpaired) electrons. The Labute approximate surface area is 253 Å². The molecule has 2 aromatic carbocycles. The van der Waals surface area contributed by atoms with Gasteiger partial charge in [0.15, 0.2) is 0 Å². The summed E-state index contributed by atoms with van der Waals surface area (Å²) in [5.41, 5.74) is -0.453. The standard InChI is InChI=1S/C26H35ClFN3O3S.C2H4O2.C2H4/c1-25(2,3)34-24(33)30-26(4,5)18-29-23(32)12-9-15-31(35-20-10-7-6-8-11-20)17-19-13-14-21(27)22(28)16-19;1-4-2-3;1-2/h6-8,10-11,13-14,16H,9,12,15,17-18H2,1-5H3,(H,29,32)(H,30,33);2H,1H3;1-2H2. The van der Waals surface area contributed by atoms with E-state index in [0.29, 0.717) is 32.4 Å². The van der Waals surface area contributed by atoms with E-state index in [2.05, 4.69) is 32.8 Å². The van der Waals surface area contributed by atoms with Gasteiger partial charge in [-0.05, 0) is 82.8 Å².